The Morgan fingerprint density at radius 1 is 1.04 bits per heavy atom. The summed E-state index contributed by atoms with van der Waals surface area (Å²) in [5.74, 6) is -1.66. The number of rotatable bonds is 6. The van der Waals surface area contributed by atoms with E-state index in [9.17, 15) is 13.6 Å². The molecule has 0 aliphatic rings. The van der Waals surface area contributed by atoms with E-state index >= 15 is 0 Å². The maximum atomic E-state index is 13.5. The maximum Gasteiger partial charge on any atom is 0.274 e. The standard InChI is InChI=1S/C21H15BrF2N2O2/c22-16-5-1-15(2-6-16)13-28-18-8-3-14(4-9-18)12-25-26-21(27)19-11-17(23)7-10-20(19)24/h1-12H,13H2,(H,26,27)/b25-12+. The van der Waals surface area contributed by atoms with Crippen LogP contribution in [0.2, 0.25) is 0 Å². The molecule has 0 fully saturated rings. The molecule has 1 amide bonds. The lowest BCUT2D eigenvalue weighted by molar-refractivity contribution is 0.0950. The van der Waals surface area contributed by atoms with Crippen molar-refractivity contribution in [1.82, 2.24) is 5.43 Å². The Hall–Kier alpha value is -3.06. The number of halogens is 3. The third-order valence-electron chi connectivity index (χ3n) is 3.75. The smallest absolute Gasteiger partial charge is 0.274 e. The molecular weight excluding hydrogens is 430 g/mol. The second-order valence-electron chi connectivity index (χ2n) is 5.81. The van der Waals surface area contributed by atoms with Gasteiger partial charge in [0.25, 0.3) is 5.91 Å². The number of ether oxygens (including phenoxy) is 1. The number of nitrogens with one attached hydrogen (secondary N) is 1. The lowest BCUT2D eigenvalue weighted by Crippen LogP contribution is -2.19. The molecule has 0 aliphatic heterocycles. The van der Waals surface area contributed by atoms with Crippen LogP contribution in [0.1, 0.15) is 21.5 Å². The molecule has 0 bridgehead atoms. The fourth-order valence-corrected chi connectivity index (χ4v) is 2.56. The zero-order valence-corrected chi connectivity index (χ0v) is 16.1. The number of carbonyl (C=O) groups is 1. The molecule has 0 spiro atoms. The molecule has 0 radical (unpaired) electrons. The number of hydrogen-bond donors (Lipinski definition) is 1. The van der Waals surface area contributed by atoms with Gasteiger partial charge >= 0.3 is 0 Å². The minimum absolute atomic E-state index is 0.408. The van der Waals surface area contributed by atoms with Crippen LogP contribution in [-0.4, -0.2) is 12.1 Å². The molecule has 142 valence electrons. The molecule has 0 aromatic heterocycles. The Kier molecular flexibility index (Phi) is 6.49. The molecule has 3 rings (SSSR count). The molecule has 0 aliphatic carbocycles. The van der Waals surface area contributed by atoms with Crippen LogP contribution < -0.4 is 10.2 Å². The van der Waals surface area contributed by atoms with Crippen molar-refractivity contribution in [3.05, 3.63) is 99.5 Å². The van der Waals surface area contributed by atoms with Gasteiger partial charge in [0.05, 0.1) is 11.8 Å². The SMILES string of the molecule is O=C(N/N=C/c1ccc(OCc2ccc(Br)cc2)cc1)c1cc(F)ccc1F. The van der Waals surface area contributed by atoms with Gasteiger partial charge in [0.1, 0.15) is 24.0 Å². The van der Waals surface area contributed by atoms with Crippen molar-refractivity contribution < 1.29 is 18.3 Å². The summed E-state index contributed by atoms with van der Waals surface area (Å²) in [6, 6.07) is 17.5. The average Bonchev–Trinajstić information content (AvgIpc) is 2.70. The number of carbonyl (C=O) groups excluding carboxylic acids is 1. The molecule has 28 heavy (non-hydrogen) atoms. The van der Waals surface area contributed by atoms with Crippen LogP contribution in [0.15, 0.2) is 76.3 Å². The number of amides is 1. The Morgan fingerprint density at radius 3 is 2.46 bits per heavy atom. The molecule has 3 aromatic rings. The summed E-state index contributed by atoms with van der Waals surface area (Å²) in [5, 5.41) is 3.76. The predicted octanol–water partition coefficient (Wildman–Crippen LogP) is 5.07. The third-order valence-corrected chi connectivity index (χ3v) is 4.28. The fraction of sp³-hybridized carbons (Fsp3) is 0.0476. The molecule has 7 heteroatoms. The highest BCUT2D eigenvalue weighted by Gasteiger charge is 2.11. The summed E-state index contributed by atoms with van der Waals surface area (Å²) in [5.41, 5.74) is 3.51. The first-order valence-corrected chi connectivity index (χ1v) is 9.06. The summed E-state index contributed by atoms with van der Waals surface area (Å²) in [6.07, 6.45) is 1.40. The van der Waals surface area contributed by atoms with Gasteiger partial charge in [0.15, 0.2) is 0 Å². The molecule has 4 nitrogen and oxygen atoms in total. The quantitative estimate of drug-likeness (QED) is 0.426. The van der Waals surface area contributed by atoms with Crippen molar-refractivity contribution in [2.45, 2.75) is 6.61 Å². The van der Waals surface area contributed by atoms with Gasteiger partial charge in [-0.05, 0) is 65.7 Å². The van der Waals surface area contributed by atoms with E-state index in [4.69, 9.17) is 4.74 Å². The van der Waals surface area contributed by atoms with E-state index in [2.05, 4.69) is 26.5 Å². The van der Waals surface area contributed by atoms with Crippen molar-refractivity contribution in [2.24, 2.45) is 5.10 Å². The topological polar surface area (TPSA) is 50.7 Å². The lowest BCUT2D eigenvalue weighted by Gasteiger charge is -2.06. The van der Waals surface area contributed by atoms with Crippen molar-refractivity contribution in [3.63, 3.8) is 0 Å². The van der Waals surface area contributed by atoms with E-state index in [-0.39, 0.29) is 0 Å². The largest absolute Gasteiger partial charge is 0.489 e. The molecule has 0 saturated heterocycles. The van der Waals surface area contributed by atoms with E-state index in [1.165, 1.54) is 6.21 Å². The first kappa shape index (κ1) is 19.7. The molecular formula is C21H15BrF2N2O2. The number of benzene rings is 3. The first-order valence-electron chi connectivity index (χ1n) is 8.27. The zero-order chi connectivity index (χ0) is 19.9. The van der Waals surface area contributed by atoms with Crippen LogP contribution in [-0.2, 0) is 6.61 Å². The molecule has 0 heterocycles. The van der Waals surface area contributed by atoms with Crippen LogP contribution in [0.4, 0.5) is 8.78 Å². The second-order valence-corrected chi connectivity index (χ2v) is 6.72. The van der Waals surface area contributed by atoms with Crippen LogP contribution >= 0.6 is 15.9 Å². The Labute approximate surface area is 169 Å². The summed E-state index contributed by atoms with van der Waals surface area (Å²) in [4.78, 5) is 11.8. The summed E-state index contributed by atoms with van der Waals surface area (Å²) < 4.78 is 33.4. The van der Waals surface area contributed by atoms with Gasteiger partial charge < -0.3 is 4.74 Å². The Morgan fingerprint density at radius 2 is 1.75 bits per heavy atom. The van der Waals surface area contributed by atoms with Gasteiger partial charge in [-0.3, -0.25) is 4.79 Å². The summed E-state index contributed by atoms with van der Waals surface area (Å²) >= 11 is 3.38. The normalized spacial score (nSPS) is 10.8. The van der Waals surface area contributed by atoms with E-state index in [1.807, 2.05) is 24.3 Å². The van der Waals surface area contributed by atoms with Gasteiger partial charge in [-0.15, -0.1) is 0 Å². The first-order chi connectivity index (χ1) is 13.5. The highest BCUT2D eigenvalue weighted by molar-refractivity contribution is 9.10. The van der Waals surface area contributed by atoms with Gasteiger partial charge in [-0.1, -0.05) is 28.1 Å². The van der Waals surface area contributed by atoms with Crippen molar-refractivity contribution in [1.29, 1.82) is 0 Å². The molecule has 0 atom stereocenters. The Bertz CT molecular complexity index is 990. The zero-order valence-electron chi connectivity index (χ0n) is 14.5. The fourth-order valence-electron chi connectivity index (χ4n) is 2.29. The molecule has 3 aromatic carbocycles. The minimum atomic E-state index is -0.831. The molecule has 1 N–H and O–H groups in total. The lowest BCUT2D eigenvalue weighted by atomic mass is 10.2. The van der Waals surface area contributed by atoms with Crippen LogP contribution in [0.25, 0.3) is 0 Å². The van der Waals surface area contributed by atoms with Gasteiger partial charge in [0, 0.05) is 4.47 Å². The highest BCUT2D eigenvalue weighted by Crippen LogP contribution is 2.15. The summed E-state index contributed by atoms with van der Waals surface area (Å²) in [7, 11) is 0. The van der Waals surface area contributed by atoms with Crippen molar-refractivity contribution in [2.75, 3.05) is 0 Å². The predicted molar refractivity (Wildman–Crippen MR) is 106 cm³/mol. The van der Waals surface area contributed by atoms with Crippen LogP contribution in [0.3, 0.4) is 0 Å². The van der Waals surface area contributed by atoms with Crippen LogP contribution in [0.5, 0.6) is 5.75 Å². The number of hydrazone groups is 1. The number of nitrogens with zero attached hydrogens (tertiary/aromatic N) is 1. The second kappa shape index (κ2) is 9.23. The summed E-state index contributed by atoms with van der Waals surface area (Å²) in [6.45, 7) is 0.440. The van der Waals surface area contributed by atoms with Crippen molar-refractivity contribution >= 4 is 28.1 Å². The third kappa shape index (κ3) is 5.47. The van der Waals surface area contributed by atoms with Gasteiger partial charge in [-0.2, -0.15) is 5.10 Å². The van der Waals surface area contributed by atoms with Gasteiger partial charge in [0.2, 0.25) is 0 Å². The van der Waals surface area contributed by atoms with E-state index in [0.29, 0.717) is 17.9 Å². The highest BCUT2D eigenvalue weighted by atomic mass is 79.9. The maximum absolute atomic E-state index is 13.5. The van der Waals surface area contributed by atoms with Gasteiger partial charge in [-0.25, -0.2) is 14.2 Å². The van der Waals surface area contributed by atoms with E-state index < -0.39 is 23.1 Å². The van der Waals surface area contributed by atoms with Crippen molar-refractivity contribution in [3.8, 4) is 5.75 Å². The molecule has 0 saturated carbocycles. The Balaban J connectivity index is 1.54. The van der Waals surface area contributed by atoms with E-state index in [1.54, 1.807) is 24.3 Å². The van der Waals surface area contributed by atoms with E-state index in [0.717, 1.165) is 28.2 Å². The van der Waals surface area contributed by atoms with Crippen LogP contribution in [0, 0.1) is 11.6 Å². The molecule has 0 unspecified atom stereocenters. The number of hydrogen-bond acceptors (Lipinski definition) is 3. The average molecular weight is 445 g/mol. The monoisotopic (exact) mass is 444 g/mol. The minimum Gasteiger partial charge on any atom is -0.489 e.